The van der Waals surface area contributed by atoms with Gasteiger partial charge >= 0.3 is 18.3 Å². The first-order valence-corrected chi connectivity index (χ1v) is 20.6. The molecule has 0 heterocycles. The lowest BCUT2D eigenvalue weighted by Crippen LogP contribution is -2.38. The van der Waals surface area contributed by atoms with Gasteiger partial charge in [0.2, 0.25) is 0 Å². The van der Waals surface area contributed by atoms with E-state index in [1.54, 1.807) is 62.3 Å². The lowest BCUT2D eigenvalue weighted by atomic mass is 10.00. The van der Waals surface area contributed by atoms with E-state index in [0.717, 1.165) is 18.2 Å². The third kappa shape index (κ3) is 76.6. The molecule has 0 bridgehead atoms. The van der Waals surface area contributed by atoms with Crippen molar-refractivity contribution >= 4 is 46.6 Å². The van der Waals surface area contributed by atoms with Gasteiger partial charge in [-0.2, -0.15) is 22.0 Å². The van der Waals surface area contributed by atoms with Crippen LogP contribution in [0.25, 0.3) is 0 Å². The van der Waals surface area contributed by atoms with E-state index in [-0.39, 0.29) is 32.0 Å². The number of aliphatic hydroxyl groups is 4. The smallest absolute Gasteiger partial charge is 0.431 e. The fraction of sp³-hybridized carbons (Fsp3) is 0.821. The third-order valence-corrected chi connectivity index (χ3v) is 6.17. The summed E-state index contributed by atoms with van der Waals surface area (Å²) in [4.78, 5) is 46.4. The summed E-state index contributed by atoms with van der Waals surface area (Å²) < 4.78 is 14.5. The molecule has 0 aromatic rings. The number of halogens is 2. The molecule has 0 saturated heterocycles. The Bertz CT molecular complexity index is 1220. The quantitative estimate of drug-likeness (QED) is 0.0132. The van der Waals surface area contributed by atoms with Crippen LogP contribution in [0.15, 0.2) is 33.7 Å². The Kier molecular flexibility index (Phi) is 49.0. The largest absolute Gasteiger partial charge is 0.442 e. The summed E-state index contributed by atoms with van der Waals surface area (Å²) in [6.45, 7) is 30.9. The van der Waals surface area contributed by atoms with Crippen molar-refractivity contribution in [2.45, 2.75) is 184 Å². The summed E-state index contributed by atoms with van der Waals surface area (Å²) in [5, 5.41) is 50.8. The highest BCUT2D eigenvalue weighted by atomic mass is 79.9. The van der Waals surface area contributed by atoms with Crippen LogP contribution in [0.1, 0.15) is 143 Å². The van der Waals surface area contributed by atoms with E-state index >= 15 is 0 Å². The number of hydrogen-bond acceptors (Lipinski definition) is 17. The van der Waals surface area contributed by atoms with Crippen molar-refractivity contribution in [1.82, 2.24) is 16.4 Å². The average molecular weight is 1000 g/mol. The predicted molar refractivity (Wildman–Crippen MR) is 245 cm³/mol. The number of rotatable bonds is 16. The van der Waals surface area contributed by atoms with Crippen LogP contribution in [0.4, 0.5) is 14.4 Å². The fourth-order valence-electron chi connectivity index (χ4n) is 2.93. The number of nitrogens with two attached hydrogens (primary N) is 1. The van der Waals surface area contributed by atoms with Crippen LogP contribution < -0.4 is 22.3 Å². The molecule has 0 aromatic heterocycles. The minimum Gasteiger partial charge on any atom is -0.442 e. The van der Waals surface area contributed by atoms with Crippen LogP contribution >= 0.6 is 28.3 Å². The molecular weight excluding hydrogens is 920 g/mol. The number of carbonyl (C=O) groups excluding carboxylic acids is 3. The summed E-state index contributed by atoms with van der Waals surface area (Å²) in [7, 11) is 0. The first-order valence-electron chi connectivity index (χ1n) is 19.5. The molecule has 0 aliphatic carbocycles. The highest BCUT2D eigenvalue weighted by Crippen LogP contribution is 2.12. The molecule has 0 spiro atoms. The Balaban J connectivity index is -0.000000125. The Morgan fingerprint density at radius 1 is 0.635 bits per heavy atom. The molecule has 2 atom stereocenters. The molecule has 378 valence electrons. The fourth-order valence-corrected chi connectivity index (χ4v) is 3.15. The van der Waals surface area contributed by atoms with Gasteiger partial charge in [0.05, 0.1) is 43.2 Å². The highest BCUT2D eigenvalue weighted by molar-refractivity contribution is 9.09. The second-order valence-corrected chi connectivity index (χ2v) is 18.1. The second-order valence-electron chi connectivity index (χ2n) is 17.3. The van der Waals surface area contributed by atoms with Crippen LogP contribution in [0.2, 0.25) is 0 Å². The van der Waals surface area contributed by atoms with Gasteiger partial charge in [0.25, 0.3) is 0 Å². The van der Waals surface area contributed by atoms with E-state index in [1.807, 2.05) is 19.9 Å². The highest BCUT2D eigenvalue weighted by Gasteiger charge is 2.25. The van der Waals surface area contributed by atoms with Gasteiger partial charge in [-0.3, -0.25) is 14.9 Å². The Labute approximate surface area is 390 Å². The van der Waals surface area contributed by atoms with Gasteiger partial charge in [-0.25, -0.2) is 25.8 Å². The van der Waals surface area contributed by atoms with Gasteiger partial charge in [-0.15, -0.1) is 12.4 Å². The summed E-state index contributed by atoms with van der Waals surface area (Å²) in [6.07, 6.45) is 2.97. The van der Waals surface area contributed by atoms with E-state index < -0.39 is 58.5 Å². The number of allylic oxidation sites excluding steroid dienone is 3. The normalized spacial score (nSPS) is 11.6. The van der Waals surface area contributed by atoms with Crippen molar-refractivity contribution in [3.8, 4) is 0 Å². The van der Waals surface area contributed by atoms with Crippen LogP contribution in [0.5, 0.6) is 0 Å². The molecule has 12 N–H and O–H groups in total. The molecule has 0 radical (unpaired) electrons. The molecule has 0 fully saturated rings. The average Bonchev–Trinajstić information content (AvgIpc) is 3.09. The van der Waals surface area contributed by atoms with Crippen LogP contribution in [0, 0.1) is 11.1 Å². The molecule has 0 rings (SSSR count). The Morgan fingerprint density at radius 3 is 1.19 bits per heavy atom. The van der Waals surface area contributed by atoms with Crippen LogP contribution in [-0.4, -0.2) is 109 Å². The molecule has 0 aromatic carbocycles. The van der Waals surface area contributed by atoms with Crippen LogP contribution in [0.3, 0.4) is 0 Å². The number of hydrogen-bond donors (Lipinski definition) is 11. The van der Waals surface area contributed by atoms with Crippen molar-refractivity contribution < 1.29 is 68.7 Å². The maximum absolute atomic E-state index is 11.1. The first-order chi connectivity index (χ1) is 28.0. The van der Waals surface area contributed by atoms with Gasteiger partial charge in [0.1, 0.15) is 16.8 Å². The Hall–Kier alpha value is -3.10. The minimum absolute atomic E-state index is 0. The topological polar surface area (TPSA) is 342 Å². The molecule has 0 aliphatic heterocycles. The second kappa shape index (κ2) is 41.6. The number of amides is 3. The summed E-state index contributed by atoms with van der Waals surface area (Å²) in [5.74, 6) is 4.73. The maximum atomic E-state index is 11.1. The van der Waals surface area contributed by atoms with E-state index in [9.17, 15) is 24.6 Å². The SMILES string of the molecule is CC(C)(C)OC(=O)NO.CC(C)(C)OC(=O)NOCCC(O)C(C)(C)O.CC(C)(O)C(O)CCON.CC(C)=CCCBr.CC(C)=CCCONC(=O)OC(C)(C)C.Cl.N=NN=N. The molecule has 2 unspecified atom stereocenters. The number of aliphatic hydroxyl groups excluding tert-OH is 2. The molecule has 24 heteroatoms. The van der Waals surface area contributed by atoms with Gasteiger partial charge in [0, 0.05) is 18.2 Å². The molecule has 0 aliphatic rings. The van der Waals surface area contributed by atoms with Crippen molar-refractivity contribution in [1.29, 1.82) is 11.1 Å². The number of ether oxygens (including phenoxy) is 3. The van der Waals surface area contributed by atoms with Crippen molar-refractivity contribution in [2.75, 3.05) is 25.2 Å². The number of alkyl halides is 1. The molecule has 3 amide bonds. The number of nitrogens with one attached hydrogen (secondary N) is 5. The van der Waals surface area contributed by atoms with E-state index in [4.69, 9.17) is 51.5 Å². The van der Waals surface area contributed by atoms with Gasteiger partial charge in [0.15, 0.2) is 0 Å². The van der Waals surface area contributed by atoms with Crippen LogP contribution in [-0.2, 0) is 28.7 Å². The molecule has 63 heavy (non-hydrogen) atoms. The zero-order valence-electron chi connectivity index (χ0n) is 40.6. The van der Waals surface area contributed by atoms with E-state index in [2.05, 4.69) is 66.8 Å². The lowest BCUT2D eigenvalue weighted by molar-refractivity contribution is -0.0709. The minimum atomic E-state index is -1.19. The molecular formula is C39H84BrClN8O14. The zero-order valence-corrected chi connectivity index (χ0v) is 43.0. The summed E-state index contributed by atoms with van der Waals surface area (Å²) >= 11 is 3.33. The summed E-state index contributed by atoms with van der Waals surface area (Å²) in [6, 6.07) is 0. The third-order valence-electron chi connectivity index (χ3n) is 5.72. The van der Waals surface area contributed by atoms with Gasteiger partial charge < -0.3 is 39.5 Å². The standard InChI is InChI=1S/C11H23NO5.C11H21NO3.C6H11Br.C6H15NO3.C5H11NO3.ClH.H2N4/c1-10(2,3)17-9(14)12-16-7-6-8(13)11(4,5)15;1-9(2)7-6-8-14-12-10(13)15-11(3,4)5;1-6(2)4-3-5-7;1-6(2,9)5(8)3-4-10-7;1-5(2,3)9-4(7)6-8;;1-3-4-2/h8,13,15H,6-7H2,1-5H3,(H,12,14);7H,6,8H2,1-5H3,(H,12,13);4H,3,5H2,1-2H3;5,8-9H,3-4,7H2,1-2H3;8H,1-3H3,(H,6,7);1H;1-2H. The maximum Gasteiger partial charge on any atom is 0.431 e. The van der Waals surface area contributed by atoms with Gasteiger partial charge in [-0.05, 0) is 141 Å². The predicted octanol–water partition coefficient (Wildman–Crippen LogP) is 8.19. The van der Waals surface area contributed by atoms with E-state index in [0.29, 0.717) is 13.0 Å². The summed E-state index contributed by atoms with van der Waals surface area (Å²) in [5.41, 5.74) is 15.9. The lowest BCUT2D eigenvalue weighted by Gasteiger charge is -2.24. The monoisotopic (exact) mass is 1000 g/mol. The Morgan fingerprint density at radius 2 is 0.952 bits per heavy atom. The number of hydroxylamine groups is 3. The number of carbonyl (C=O) groups is 3. The van der Waals surface area contributed by atoms with E-state index in [1.165, 1.54) is 44.3 Å². The number of nitrogens with zero attached hydrogens (tertiary/aromatic N) is 2. The molecule has 0 saturated carbocycles. The van der Waals surface area contributed by atoms with Crippen molar-refractivity contribution in [3.63, 3.8) is 0 Å². The zero-order chi connectivity index (χ0) is 50.4. The first kappa shape index (κ1) is 74.3. The molecule has 22 nitrogen and oxygen atoms in total. The van der Waals surface area contributed by atoms with Gasteiger partial charge in [-0.1, -0.05) is 39.2 Å². The van der Waals surface area contributed by atoms with Crippen molar-refractivity contribution in [2.24, 2.45) is 16.3 Å². The van der Waals surface area contributed by atoms with Crippen molar-refractivity contribution in [3.05, 3.63) is 23.3 Å².